The summed E-state index contributed by atoms with van der Waals surface area (Å²) < 4.78 is 5.67. The first-order valence-corrected chi connectivity index (χ1v) is 6.73. The number of aliphatic carboxylic acids is 1. The van der Waals surface area contributed by atoms with Crippen LogP contribution in [0.4, 0.5) is 0 Å². The Hall–Kier alpha value is -2.17. The highest BCUT2D eigenvalue weighted by atomic mass is 16.6. The molecule has 3 rings (SSSR count). The normalized spacial score (nSPS) is 34.6. The molecule has 124 valence electrons. The molecule has 5 atom stereocenters. The number of hydrogen-bond donors (Lipinski definition) is 6. The maximum absolute atomic E-state index is 11.4. The molecule has 9 heteroatoms. The summed E-state index contributed by atoms with van der Waals surface area (Å²) in [6, 6.07) is 6.22. The van der Waals surface area contributed by atoms with E-state index < -0.39 is 36.3 Å². The molecule has 0 amide bonds. The van der Waals surface area contributed by atoms with Crippen LogP contribution in [0.25, 0.3) is 10.9 Å². The third-order valence-corrected chi connectivity index (χ3v) is 4.01. The van der Waals surface area contributed by atoms with Crippen LogP contribution in [0.1, 0.15) is 0 Å². The van der Waals surface area contributed by atoms with Gasteiger partial charge in [-0.1, -0.05) is 12.1 Å². The monoisotopic (exact) mass is 325 g/mol. The van der Waals surface area contributed by atoms with Gasteiger partial charge < -0.3 is 39.9 Å². The van der Waals surface area contributed by atoms with Crippen molar-refractivity contribution in [3.8, 4) is 5.75 Å². The molecule has 6 N–H and O–H groups in total. The Balaban J connectivity index is 2.25. The van der Waals surface area contributed by atoms with Gasteiger partial charge in [-0.25, -0.2) is 4.79 Å². The van der Waals surface area contributed by atoms with Crippen LogP contribution in [-0.4, -0.2) is 65.8 Å². The minimum atomic E-state index is -2.65. The number of para-hydroxylation sites is 1. The Morgan fingerprint density at radius 2 is 1.87 bits per heavy atom. The summed E-state index contributed by atoms with van der Waals surface area (Å²) in [4.78, 5) is 11.4. The third-order valence-electron chi connectivity index (χ3n) is 4.01. The van der Waals surface area contributed by atoms with Gasteiger partial charge in [0.25, 0.3) is 0 Å². The second-order valence-corrected chi connectivity index (χ2v) is 5.36. The zero-order valence-corrected chi connectivity index (χ0v) is 11.6. The lowest BCUT2D eigenvalue weighted by molar-refractivity contribution is -0.335. The van der Waals surface area contributed by atoms with Crippen molar-refractivity contribution in [3.63, 3.8) is 0 Å². The molecule has 2 heterocycles. The van der Waals surface area contributed by atoms with Crippen LogP contribution in [0.5, 0.6) is 5.75 Å². The first-order valence-electron chi connectivity index (χ1n) is 6.73. The number of benzene rings is 1. The van der Waals surface area contributed by atoms with Gasteiger partial charge in [0.15, 0.2) is 6.29 Å². The summed E-state index contributed by atoms with van der Waals surface area (Å²) in [6.45, 7) is 0. The Bertz CT molecular complexity index is 758. The van der Waals surface area contributed by atoms with E-state index in [1.165, 1.54) is 12.1 Å². The fraction of sp³-hybridized carbons (Fsp3) is 0.357. The molecule has 1 aliphatic rings. The highest BCUT2D eigenvalue weighted by Crippen LogP contribution is 2.39. The lowest BCUT2D eigenvalue weighted by Crippen LogP contribution is -2.68. The van der Waals surface area contributed by atoms with Crippen molar-refractivity contribution in [1.82, 2.24) is 4.57 Å². The van der Waals surface area contributed by atoms with E-state index in [1.54, 1.807) is 12.1 Å². The van der Waals surface area contributed by atoms with Crippen LogP contribution in [0, 0.1) is 0 Å². The van der Waals surface area contributed by atoms with Crippen LogP contribution in [0.2, 0.25) is 0 Å². The third kappa shape index (κ3) is 2.10. The number of carboxylic acids is 1. The highest BCUT2D eigenvalue weighted by molar-refractivity contribution is 5.87. The van der Waals surface area contributed by atoms with Gasteiger partial charge in [0.05, 0.1) is 5.52 Å². The first-order chi connectivity index (χ1) is 10.8. The summed E-state index contributed by atoms with van der Waals surface area (Å²) in [5.74, 6) is -1.92. The molecule has 1 aromatic heterocycles. The fourth-order valence-corrected chi connectivity index (χ4v) is 2.85. The zero-order valence-electron chi connectivity index (χ0n) is 11.6. The predicted molar refractivity (Wildman–Crippen MR) is 74.3 cm³/mol. The van der Waals surface area contributed by atoms with E-state index in [9.17, 15) is 35.4 Å². The van der Waals surface area contributed by atoms with Crippen LogP contribution >= 0.6 is 0 Å². The van der Waals surface area contributed by atoms with Crippen molar-refractivity contribution in [3.05, 3.63) is 30.5 Å². The lowest BCUT2D eigenvalue weighted by atomic mass is 9.91. The summed E-state index contributed by atoms with van der Waals surface area (Å²) in [6.07, 6.45) is -7.06. The molecule has 1 aliphatic heterocycles. The second kappa shape index (κ2) is 5.18. The van der Waals surface area contributed by atoms with Crippen LogP contribution in [0.3, 0.4) is 0 Å². The second-order valence-electron chi connectivity index (χ2n) is 5.36. The number of rotatable bonds is 2. The molecule has 0 bridgehead atoms. The molecule has 0 saturated carbocycles. The molecule has 23 heavy (non-hydrogen) atoms. The SMILES string of the molecule is O=C(O)[C@H]1O[C@@H](O)[C@H](O)[C@@H](O)[C@@]1(O)n1cc(O)c2ccccc21. The van der Waals surface area contributed by atoms with Gasteiger partial charge in [-0.3, -0.25) is 0 Å². The van der Waals surface area contributed by atoms with Crippen molar-refractivity contribution in [2.75, 3.05) is 0 Å². The zero-order chi connectivity index (χ0) is 16.9. The molecule has 1 saturated heterocycles. The average Bonchev–Trinajstić information content (AvgIpc) is 2.86. The Labute approximate surface area is 129 Å². The Morgan fingerprint density at radius 1 is 1.22 bits per heavy atom. The molecule has 0 aliphatic carbocycles. The highest BCUT2D eigenvalue weighted by Gasteiger charge is 2.59. The van der Waals surface area contributed by atoms with E-state index in [2.05, 4.69) is 0 Å². The van der Waals surface area contributed by atoms with Crippen molar-refractivity contribution >= 4 is 16.9 Å². The molecule has 0 unspecified atom stereocenters. The molecule has 0 spiro atoms. The summed E-state index contributed by atoms with van der Waals surface area (Å²) in [7, 11) is 0. The van der Waals surface area contributed by atoms with Crippen molar-refractivity contribution in [2.45, 2.75) is 30.3 Å². The molecular formula is C14H15NO8. The molecule has 0 radical (unpaired) electrons. The molecule has 1 aromatic carbocycles. The number of ether oxygens (including phenoxy) is 1. The number of aromatic hydroxyl groups is 1. The van der Waals surface area contributed by atoms with E-state index in [-0.39, 0.29) is 11.3 Å². The maximum atomic E-state index is 11.4. The number of aliphatic hydroxyl groups is 4. The molecular weight excluding hydrogens is 310 g/mol. The van der Waals surface area contributed by atoms with Gasteiger partial charge in [0.2, 0.25) is 11.8 Å². The first kappa shape index (κ1) is 15.7. The van der Waals surface area contributed by atoms with Crippen LogP contribution in [0.15, 0.2) is 30.5 Å². The smallest absolute Gasteiger partial charge is 0.338 e. The summed E-state index contributed by atoms with van der Waals surface area (Å²) in [5.41, 5.74) is -2.43. The largest absolute Gasteiger partial charge is 0.506 e. The van der Waals surface area contributed by atoms with E-state index in [1.807, 2.05) is 0 Å². The number of hydrogen-bond acceptors (Lipinski definition) is 7. The fourth-order valence-electron chi connectivity index (χ4n) is 2.85. The van der Waals surface area contributed by atoms with E-state index >= 15 is 0 Å². The van der Waals surface area contributed by atoms with Crippen molar-refractivity contribution in [1.29, 1.82) is 0 Å². The minimum Gasteiger partial charge on any atom is -0.506 e. The van der Waals surface area contributed by atoms with Crippen LogP contribution in [-0.2, 0) is 15.3 Å². The topological polar surface area (TPSA) is 153 Å². The number of carboxylic acid groups (broad SMARTS) is 1. The molecule has 1 fully saturated rings. The van der Waals surface area contributed by atoms with Gasteiger partial charge in [0, 0.05) is 11.6 Å². The Morgan fingerprint density at radius 3 is 2.52 bits per heavy atom. The lowest BCUT2D eigenvalue weighted by Gasteiger charge is -2.46. The van der Waals surface area contributed by atoms with Gasteiger partial charge in [-0.15, -0.1) is 0 Å². The molecule has 9 nitrogen and oxygen atoms in total. The average molecular weight is 325 g/mol. The maximum Gasteiger partial charge on any atom is 0.338 e. The van der Waals surface area contributed by atoms with Crippen LogP contribution < -0.4 is 0 Å². The minimum absolute atomic E-state index is 0.213. The van der Waals surface area contributed by atoms with Gasteiger partial charge >= 0.3 is 5.97 Å². The van der Waals surface area contributed by atoms with E-state index in [4.69, 9.17) is 4.74 Å². The van der Waals surface area contributed by atoms with Gasteiger partial charge in [-0.2, -0.15) is 0 Å². The molecule has 2 aromatic rings. The number of fused-ring (bicyclic) bond motifs is 1. The standard InChI is InChI=1S/C14H15NO8/c16-8-5-15(7-4-2-1-3-6(7)8)14(22)10(18)9(17)13(21)23-11(14)12(19)20/h1-5,9-11,13,16-18,21-22H,(H,19,20)/t9-,10-,11-,13-,14+/m1/s1. The van der Waals surface area contributed by atoms with E-state index in [0.29, 0.717) is 5.39 Å². The number of aromatic nitrogens is 1. The summed E-state index contributed by atoms with van der Waals surface area (Å²) >= 11 is 0. The summed E-state index contributed by atoms with van der Waals surface area (Å²) in [5, 5.41) is 59.9. The number of nitrogens with zero attached hydrogens (tertiary/aromatic N) is 1. The van der Waals surface area contributed by atoms with Crippen molar-refractivity contribution in [2.24, 2.45) is 0 Å². The van der Waals surface area contributed by atoms with Crippen molar-refractivity contribution < 1.29 is 40.2 Å². The Kier molecular flexibility index (Phi) is 3.54. The quantitative estimate of drug-likeness (QED) is 0.391. The van der Waals surface area contributed by atoms with Gasteiger partial charge in [0.1, 0.15) is 18.0 Å². The number of aliphatic hydroxyl groups excluding tert-OH is 3. The number of carbonyl (C=O) groups is 1. The predicted octanol–water partition coefficient (Wildman–Crippen LogP) is -1.48. The van der Waals surface area contributed by atoms with Gasteiger partial charge in [-0.05, 0) is 12.1 Å². The van der Waals surface area contributed by atoms with E-state index in [0.717, 1.165) is 10.8 Å².